The molecular formula is C42H48FN13O5S. The lowest BCUT2D eigenvalue weighted by Crippen LogP contribution is -2.53. The van der Waals surface area contributed by atoms with Gasteiger partial charge < -0.3 is 15.1 Å². The standard InChI is InChI=1S/C42H48FN13O5S/c1-25(2)56-35-19-37(47-36-7-10-44-39(48-36)28-20-46-55(24-28)62(60,61)30-3-4-30)45-21-32(35)40(50-56)53-11-8-29(9-12-53)52-15-13-51(14-16-52)22-27-17-26-23-54(42(59)31(26)18-33(27)43)34-5-6-38(57)49-41(34)58/h7,10,17-21,24-25,29-30,34H,3-6,8-9,11-16,22-23H2,1-2H3,(H,49,57,58)(H,44,45,47,48). The van der Waals surface area contributed by atoms with Crippen molar-refractivity contribution < 1.29 is 27.2 Å². The molecule has 4 aromatic heterocycles. The van der Waals surface area contributed by atoms with Gasteiger partial charge in [-0.3, -0.25) is 34.2 Å². The number of hydrogen-bond acceptors (Lipinski definition) is 14. The van der Waals surface area contributed by atoms with Gasteiger partial charge in [-0.2, -0.15) is 14.3 Å². The van der Waals surface area contributed by atoms with Crippen LogP contribution in [-0.4, -0.2) is 131 Å². The van der Waals surface area contributed by atoms with Gasteiger partial charge in [0.05, 0.1) is 34.1 Å². The molecule has 18 nitrogen and oxygen atoms in total. The maximum absolute atomic E-state index is 15.4. The fourth-order valence-corrected chi connectivity index (χ4v) is 10.7. The minimum absolute atomic E-state index is 0.102. The zero-order valence-electron chi connectivity index (χ0n) is 34.6. The second-order valence-corrected chi connectivity index (χ2v) is 19.3. The summed E-state index contributed by atoms with van der Waals surface area (Å²) in [6.07, 6.45) is 10.1. The number of aromatic nitrogens is 7. The Labute approximate surface area is 357 Å². The number of hydrogen-bond donors (Lipinski definition) is 2. The molecule has 3 amide bonds. The lowest BCUT2D eigenvalue weighted by atomic mass is 10.0. The number of piperazine rings is 1. The highest BCUT2D eigenvalue weighted by Crippen LogP contribution is 2.34. The summed E-state index contributed by atoms with van der Waals surface area (Å²) in [6, 6.07) is 6.59. The van der Waals surface area contributed by atoms with Crippen LogP contribution in [0.4, 0.5) is 21.8 Å². The van der Waals surface area contributed by atoms with E-state index in [0.717, 1.165) is 72.9 Å². The van der Waals surface area contributed by atoms with Crippen LogP contribution in [0, 0.1) is 5.82 Å². The number of imide groups is 1. The fraction of sp³-hybridized carbons (Fsp3) is 0.476. The first-order valence-electron chi connectivity index (χ1n) is 21.3. The zero-order valence-corrected chi connectivity index (χ0v) is 35.4. The van der Waals surface area contributed by atoms with Crippen molar-refractivity contribution in [2.75, 3.05) is 49.5 Å². The largest absolute Gasteiger partial charge is 0.354 e. The summed E-state index contributed by atoms with van der Waals surface area (Å²) < 4.78 is 43.8. The van der Waals surface area contributed by atoms with E-state index in [4.69, 9.17) is 10.1 Å². The third kappa shape index (κ3) is 7.57. The molecule has 62 heavy (non-hydrogen) atoms. The van der Waals surface area contributed by atoms with Crippen molar-refractivity contribution in [2.45, 2.75) is 88.8 Å². The summed E-state index contributed by atoms with van der Waals surface area (Å²) in [5.41, 5.74) is 2.99. The first-order chi connectivity index (χ1) is 29.9. The predicted octanol–water partition coefficient (Wildman–Crippen LogP) is 3.44. The molecular weight excluding hydrogens is 818 g/mol. The van der Waals surface area contributed by atoms with Crippen molar-refractivity contribution in [1.29, 1.82) is 0 Å². The van der Waals surface area contributed by atoms with E-state index >= 15 is 4.39 Å². The fourth-order valence-electron chi connectivity index (χ4n) is 9.22. The molecule has 0 radical (unpaired) electrons. The number of amides is 3. The van der Waals surface area contributed by atoms with Crippen LogP contribution >= 0.6 is 0 Å². The number of nitrogens with zero attached hydrogens (tertiary/aromatic N) is 11. The highest BCUT2D eigenvalue weighted by Gasteiger charge is 2.40. The Kier molecular flexibility index (Phi) is 10.3. The first kappa shape index (κ1) is 40.2. The molecule has 0 bridgehead atoms. The van der Waals surface area contributed by atoms with E-state index in [1.54, 1.807) is 18.3 Å². The van der Waals surface area contributed by atoms with E-state index in [0.29, 0.717) is 59.6 Å². The number of piperidine rings is 2. The Hall–Kier alpha value is -5.86. The molecule has 324 valence electrons. The number of nitrogens with one attached hydrogen (secondary N) is 2. The molecule has 1 aromatic carbocycles. The topological polar surface area (TPSA) is 197 Å². The monoisotopic (exact) mass is 865 g/mol. The number of carbonyl (C=O) groups excluding carboxylic acids is 3. The molecule has 1 atom stereocenters. The Morgan fingerprint density at radius 3 is 2.47 bits per heavy atom. The molecule has 5 aliphatic rings. The number of benzene rings is 1. The predicted molar refractivity (Wildman–Crippen MR) is 226 cm³/mol. The molecule has 10 rings (SSSR count). The third-order valence-electron chi connectivity index (χ3n) is 12.8. The summed E-state index contributed by atoms with van der Waals surface area (Å²) in [5, 5.41) is 15.4. The van der Waals surface area contributed by atoms with E-state index in [2.05, 4.69) is 54.2 Å². The second kappa shape index (κ2) is 15.8. The van der Waals surface area contributed by atoms with Gasteiger partial charge in [-0.1, -0.05) is 0 Å². The number of anilines is 3. The first-order valence-corrected chi connectivity index (χ1v) is 22.8. The van der Waals surface area contributed by atoms with E-state index in [1.807, 2.05) is 16.9 Å². The van der Waals surface area contributed by atoms with Gasteiger partial charge in [0.2, 0.25) is 11.8 Å². The quantitative estimate of drug-likeness (QED) is 0.183. The minimum Gasteiger partial charge on any atom is -0.354 e. The van der Waals surface area contributed by atoms with Crippen molar-refractivity contribution in [3.8, 4) is 11.4 Å². The Morgan fingerprint density at radius 2 is 1.73 bits per heavy atom. The molecule has 20 heteroatoms. The van der Waals surface area contributed by atoms with E-state index in [9.17, 15) is 22.8 Å². The molecule has 8 heterocycles. The normalized spacial score (nSPS) is 20.7. The van der Waals surface area contributed by atoms with E-state index in [-0.39, 0.29) is 48.1 Å². The van der Waals surface area contributed by atoms with Crippen LogP contribution in [0.5, 0.6) is 0 Å². The van der Waals surface area contributed by atoms with Gasteiger partial charge in [0.15, 0.2) is 11.6 Å². The summed E-state index contributed by atoms with van der Waals surface area (Å²) in [6.45, 7) is 9.94. The van der Waals surface area contributed by atoms with Gasteiger partial charge in [-0.05, 0) is 69.7 Å². The van der Waals surface area contributed by atoms with E-state index < -0.39 is 27.8 Å². The molecule has 2 N–H and O–H groups in total. The lowest BCUT2D eigenvalue weighted by Gasteiger charge is -2.43. The lowest BCUT2D eigenvalue weighted by molar-refractivity contribution is -0.136. The number of carbonyl (C=O) groups is 3. The van der Waals surface area contributed by atoms with Crippen molar-refractivity contribution in [1.82, 2.24) is 53.9 Å². The van der Waals surface area contributed by atoms with Crippen molar-refractivity contribution >= 4 is 56.1 Å². The summed E-state index contributed by atoms with van der Waals surface area (Å²) in [4.78, 5) is 59.6. The number of pyridine rings is 1. The molecule has 0 spiro atoms. The molecule has 4 fully saturated rings. The van der Waals surface area contributed by atoms with Crippen LogP contribution in [0.3, 0.4) is 0 Å². The summed E-state index contributed by atoms with van der Waals surface area (Å²) in [5.74, 6) is 0.747. The number of fused-ring (bicyclic) bond motifs is 2. The van der Waals surface area contributed by atoms with Gasteiger partial charge in [-0.15, -0.1) is 0 Å². The Morgan fingerprint density at radius 1 is 0.935 bits per heavy atom. The highest BCUT2D eigenvalue weighted by atomic mass is 32.2. The van der Waals surface area contributed by atoms with Gasteiger partial charge in [-0.25, -0.2) is 27.8 Å². The second-order valence-electron chi connectivity index (χ2n) is 17.2. The third-order valence-corrected chi connectivity index (χ3v) is 14.8. The van der Waals surface area contributed by atoms with Crippen molar-refractivity contribution in [2.24, 2.45) is 0 Å². The average molecular weight is 866 g/mol. The van der Waals surface area contributed by atoms with Crippen LogP contribution in [0.25, 0.3) is 22.3 Å². The maximum atomic E-state index is 15.4. The molecule has 1 saturated carbocycles. The van der Waals surface area contributed by atoms with Crippen LogP contribution in [0.2, 0.25) is 0 Å². The molecule has 1 unspecified atom stereocenters. The Balaban J connectivity index is 0.751. The molecule has 4 aliphatic heterocycles. The van der Waals surface area contributed by atoms with Crippen LogP contribution in [-0.2, 0) is 32.7 Å². The number of rotatable bonds is 11. The summed E-state index contributed by atoms with van der Waals surface area (Å²) >= 11 is 0. The van der Waals surface area contributed by atoms with Gasteiger partial charge in [0.25, 0.3) is 15.9 Å². The van der Waals surface area contributed by atoms with Gasteiger partial charge in [0, 0.05) is 100 Å². The zero-order chi connectivity index (χ0) is 42.9. The van der Waals surface area contributed by atoms with Crippen LogP contribution in [0.15, 0.2) is 49.1 Å². The molecule has 3 saturated heterocycles. The number of halogens is 1. The Bertz CT molecular complexity index is 2700. The van der Waals surface area contributed by atoms with Crippen LogP contribution in [0.1, 0.15) is 79.9 Å². The van der Waals surface area contributed by atoms with Gasteiger partial charge in [0.1, 0.15) is 23.5 Å². The smallest absolute Gasteiger partial charge is 0.256 e. The van der Waals surface area contributed by atoms with Crippen molar-refractivity contribution in [3.05, 3.63) is 71.6 Å². The van der Waals surface area contributed by atoms with Crippen molar-refractivity contribution in [3.63, 3.8) is 0 Å². The van der Waals surface area contributed by atoms with E-state index in [1.165, 1.54) is 23.4 Å². The van der Waals surface area contributed by atoms with Crippen LogP contribution < -0.4 is 15.5 Å². The maximum Gasteiger partial charge on any atom is 0.256 e. The highest BCUT2D eigenvalue weighted by molar-refractivity contribution is 7.90. The summed E-state index contributed by atoms with van der Waals surface area (Å²) in [7, 11) is -3.50. The average Bonchev–Trinajstić information content (AvgIpc) is 3.77. The SMILES string of the molecule is CC(C)n1nc(N2CCC(N3CCN(Cc4cc5c(cc4F)C(=O)N(C4CCC(=O)NC4=O)C5)CC3)CC2)c2cnc(Nc3ccnc(-c4cnn(S(=O)(=O)C5CC5)c4)n3)cc21. The molecule has 1 aliphatic carbocycles. The molecule has 5 aromatic rings. The minimum atomic E-state index is -3.50. The van der Waals surface area contributed by atoms with Gasteiger partial charge >= 0.3 is 0 Å².